The zero-order chi connectivity index (χ0) is 12.5. The van der Waals surface area contributed by atoms with Crippen LogP contribution in [-0.2, 0) is 0 Å². The molecule has 2 aliphatic heterocycles. The number of hydrogen-bond donors (Lipinski definition) is 1. The molecule has 0 aliphatic carbocycles. The second-order valence-electron chi connectivity index (χ2n) is 4.41. The number of guanidine groups is 1. The Morgan fingerprint density at radius 1 is 1.44 bits per heavy atom. The van der Waals surface area contributed by atoms with Crippen molar-refractivity contribution in [2.75, 3.05) is 20.2 Å². The quantitative estimate of drug-likeness (QED) is 0.849. The van der Waals surface area contributed by atoms with Crippen molar-refractivity contribution in [3.8, 4) is 5.75 Å². The Morgan fingerprint density at radius 2 is 2.33 bits per heavy atom. The first-order valence-corrected chi connectivity index (χ1v) is 6.08. The van der Waals surface area contributed by atoms with Crippen LogP contribution in [0.15, 0.2) is 34.3 Å². The van der Waals surface area contributed by atoms with Gasteiger partial charge in [0.1, 0.15) is 17.6 Å². The van der Waals surface area contributed by atoms with Gasteiger partial charge in [-0.3, -0.25) is 9.89 Å². The highest BCUT2D eigenvalue weighted by molar-refractivity contribution is 6.07. The van der Waals surface area contributed by atoms with Gasteiger partial charge < -0.3 is 10.5 Å². The van der Waals surface area contributed by atoms with Crippen LogP contribution < -0.4 is 10.5 Å². The summed E-state index contributed by atoms with van der Waals surface area (Å²) in [5, 5.41) is 0. The maximum Gasteiger partial charge on any atom is 0.197 e. The fourth-order valence-electron chi connectivity index (χ4n) is 2.38. The van der Waals surface area contributed by atoms with Crippen LogP contribution in [0.5, 0.6) is 5.75 Å². The van der Waals surface area contributed by atoms with E-state index in [0.717, 1.165) is 36.7 Å². The van der Waals surface area contributed by atoms with Crippen LogP contribution in [0.3, 0.4) is 0 Å². The lowest BCUT2D eigenvalue weighted by atomic mass is 10.1. The molecule has 0 radical (unpaired) electrons. The smallest absolute Gasteiger partial charge is 0.197 e. The van der Waals surface area contributed by atoms with Crippen molar-refractivity contribution >= 4 is 11.8 Å². The van der Waals surface area contributed by atoms with Crippen molar-refractivity contribution in [3.63, 3.8) is 0 Å². The van der Waals surface area contributed by atoms with Crippen LogP contribution in [-0.4, -0.2) is 36.9 Å². The van der Waals surface area contributed by atoms with E-state index < -0.39 is 0 Å². The fourth-order valence-corrected chi connectivity index (χ4v) is 2.38. The number of amidine groups is 1. The van der Waals surface area contributed by atoms with Gasteiger partial charge in [0.15, 0.2) is 5.96 Å². The van der Waals surface area contributed by atoms with Crippen molar-refractivity contribution in [2.24, 2.45) is 15.7 Å². The molecule has 0 saturated carbocycles. The number of aliphatic imine (C=N–C) groups is 2. The van der Waals surface area contributed by atoms with Gasteiger partial charge in [0.25, 0.3) is 0 Å². The Hall–Kier alpha value is -2.04. The van der Waals surface area contributed by atoms with Crippen LogP contribution in [0.2, 0.25) is 0 Å². The number of benzene rings is 1. The van der Waals surface area contributed by atoms with E-state index in [1.807, 2.05) is 29.2 Å². The van der Waals surface area contributed by atoms with Gasteiger partial charge in [-0.25, -0.2) is 4.99 Å². The molecule has 18 heavy (non-hydrogen) atoms. The average molecular weight is 244 g/mol. The minimum absolute atomic E-state index is 0.0830. The van der Waals surface area contributed by atoms with E-state index in [9.17, 15) is 0 Å². The summed E-state index contributed by atoms with van der Waals surface area (Å²) in [5.74, 6) is 2.37. The summed E-state index contributed by atoms with van der Waals surface area (Å²) < 4.78 is 5.24. The molecule has 1 atom stereocenters. The predicted octanol–water partition coefficient (Wildman–Crippen LogP) is 1.17. The highest BCUT2D eigenvalue weighted by atomic mass is 16.5. The van der Waals surface area contributed by atoms with Crippen molar-refractivity contribution in [1.82, 2.24) is 4.90 Å². The molecule has 0 bridgehead atoms. The van der Waals surface area contributed by atoms with Crippen LogP contribution in [0.25, 0.3) is 0 Å². The van der Waals surface area contributed by atoms with Gasteiger partial charge in [0.05, 0.1) is 7.11 Å². The van der Waals surface area contributed by atoms with E-state index >= 15 is 0 Å². The molecule has 2 aliphatic rings. The van der Waals surface area contributed by atoms with E-state index in [-0.39, 0.29) is 6.04 Å². The van der Waals surface area contributed by atoms with Crippen molar-refractivity contribution in [1.29, 1.82) is 0 Å². The number of nitrogens with zero attached hydrogens (tertiary/aromatic N) is 3. The third-order valence-electron chi connectivity index (χ3n) is 3.28. The normalized spacial score (nSPS) is 22.3. The molecule has 94 valence electrons. The van der Waals surface area contributed by atoms with Gasteiger partial charge in [-0.05, 0) is 24.1 Å². The van der Waals surface area contributed by atoms with Gasteiger partial charge in [-0.1, -0.05) is 12.1 Å². The zero-order valence-electron chi connectivity index (χ0n) is 10.3. The summed E-state index contributed by atoms with van der Waals surface area (Å²) in [5.41, 5.74) is 7.02. The van der Waals surface area contributed by atoms with Crippen LogP contribution >= 0.6 is 0 Å². The molecule has 1 unspecified atom stereocenters. The van der Waals surface area contributed by atoms with E-state index in [2.05, 4.69) is 9.98 Å². The molecule has 0 aromatic heterocycles. The third kappa shape index (κ3) is 1.72. The molecule has 2 heterocycles. The Bertz CT molecular complexity index is 523. The molecular formula is C13H16N4O. The van der Waals surface area contributed by atoms with E-state index in [1.165, 1.54) is 0 Å². The fraction of sp³-hybridized carbons (Fsp3) is 0.385. The summed E-state index contributed by atoms with van der Waals surface area (Å²) in [4.78, 5) is 11.1. The Labute approximate surface area is 106 Å². The molecule has 1 aromatic rings. The van der Waals surface area contributed by atoms with Gasteiger partial charge in [-0.15, -0.1) is 0 Å². The minimum atomic E-state index is -0.0830. The number of ether oxygens (including phenoxy) is 1. The summed E-state index contributed by atoms with van der Waals surface area (Å²) in [6, 6.07) is 7.82. The minimum Gasteiger partial charge on any atom is -0.497 e. The molecular weight excluding hydrogens is 228 g/mol. The van der Waals surface area contributed by atoms with E-state index in [0.29, 0.717) is 5.96 Å². The molecule has 0 fully saturated rings. The first-order chi connectivity index (χ1) is 8.79. The molecule has 0 amide bonds. The lowest BCUT2D eigenvalue weighted by molar-refractivity contribution is 0.414. The van der Waals surface area contributed by atoms with E-state index in [1.54, 1.807) is 7.11 Å². The molecule has 5 heteroatoms. The highest BCUT2D eigenvalue weighted by Crippen LogP contribution is 2.30. The van der Waals surface area contributed by atoms with E-state index in [4.69, 9.17) is 10.5 Å². The highest BCUT2D eigenvalue weighted by Gasteiger charge is 2.33. The topological polar surface area (TPSA) is 63.2 Å². The predicted molar refractivity (Wildman–Crippen MR) is 71.0 cm³/mol. The van der Waals surface area contributed by atoms with Crippen LogP contribution in [0.4, 0.5) is 0 Å². The molecule has 1 aromatic carbocycles. The summed E-state index contributed by atoms with van der Waals surface area (Å²) in [6.45, 7) is 1.77. The van der Waals surface area contributed by atoms with Gasteiger partial charge in [0.2, 0.25) is 0 Å². The zero-order valence-corrected chi connectivity index (χ0v) is 10.3. The first kappa shape index (κ1) is 11.1. The third-order valence-corrected chi connectivity index (χ3v) is 3.28. The number of hydrogen-bond acceptors (Lipinski definition) is 5. The first-order valence-electron chi connectivity index (χ1n) is 6.08. The second kappa shape index (κ2) is 4.33. The standard InChI is InChI=1S/C13H16N4O/c1-18-10-5-2-4-9(8-10)11-12-15-6-3-7-17(12)13(14)16-11/h2,4-5,8,11H,3,6-7H2,1H3,(H2,14,16). The molecule has 2 N–H and O–H groups in total. The summed E-state index contributed by atoms with van der Waals surface area (Å²) in [7, 11) is 1.66. The Balaban J connectivity index is 1.98. The summed E-state index contributed by atoms with van der Waals surface area (Å²) in [6.07, 6.45) is 1.03. The number of fused-ring (bicyclic) bond motifs is 1. The largest absolute Gasteiger partial charge is 0.497 e. The van der Waals surface area contributed by atoms with Gasteiger partial charge in [0, 0.05) is 13.1 Å². The second-order valence-corrected chi connectivity index (χ2v) is 4.41. The Kier molecular flexibility index (Phi) is 2.66. The molecule has 5 nitrogen and oxygen atoms in total. The maximum absolute atomic E-state index is 5.95. The molecule has 3 rings (SSSR count). The number of methoxy groups -OCH3 is 1. The van der Waals surface area contributed by atoms with Crippen molar-refractivity contribution < 1.29 is 4.74 Å². The monoisotopic (exact) mass is 244 g/mol. The van der Waals surface area contributed by atoms with Gasteiger partial charge in [-0.2, -0.15) is 0 Å². The maximum atomic E-state index is 5.95. The van der Waals surface area contributed by atoms with Crippen molar-refractivity contribution in [2.45, 2.75) is 12.5 Å². The number of nitrogens with two attached hydrogens (primary N) is 1. The molecule has 0 spiro atoms. The summed E-state index contributed by atoms with van der Waals surface area (Å²) >= 11 is 0. The van der Waals surface area contributed by atoms with Crippen LogP contribution in [0, 0.1) is 0 Å². The number of rotatable bonds is 2. The Morgan fingerprint density at radius 3 is 3.17 bits per heavy atom. The molecule has 0 saturated heterocycles. The average Bonchev–Trinajstić information content (AvgIpc) is 2.77. The SMILES string of the molecule is COc1cccc(C2N=C(N)N3CCCN=C23)c1. The van der Waals surface area contributed by atoms with Crippen molar-refractivity contribution in [3.05, 3.63) is 29.8 Å². The lowest BCUT2D eigenvalue weighted by Crippen LogP contribution is -2.41. The van der Waals surface area contributed by atoms with Gasteiger partial charge >= 0.3 is 0 Å². The van der Waals surface area contributed by atoms with Crippen LogP contribution in [0.1, 0.15) is 18.0 Å². The lowest BCUT2D eigenvalue weighted by Gasteiger charge is -2.24.